The summed E-state index contributed by atoms with van der Waals surface area (Å²) in [7, 11) is -3.68. The lowest BCUT2D eigenvalue weighted by Gasteiger charge is -2.25. The Morgan fingerprint density at radius 3 is 2.29 bits per heavy atom. The standard InChI is InChI=1S/C32H44N2O6S/c33-41(38,39)29-15-9-13-25(21-29)14-10-20-40-19-8-3-1-2-7-18-34-30(22-26-11-5-4-6-12-26)32(37)27-16-17-31(36)28(23-27)24-35/h4-6,9,11-13,15-17,21,23,30,32,34-37H,1-3,7-8,10,14,18-20,22,24H2,(H2,33,38,39)/t30?,32-/m1/s1. The fourth-order valence-electron chi connectivity index (χ4n) is 4.82. The molecule has 0 aliphatic carbocycles. The topological polar surface area (TPSA) is 142 Å². The monoisotopic (exact) mass is 584 g/mol. The molecule has 0 radical (unpaired) electrons. The third-order valence-corrected chi connectivity index (χ3v) is 8.06. The van der Waals surface area contributed by atoms with Crippen molar-refractivity contribution in [3.05, 3.63) is 95.1 Å². The van der Waals surface area contributed by atoms with Gasteiger partial charge in [0.25, 0.3) is 0 Å². The van der Waals surface area contributed by atoms with E-state index in [0.717, 1.165) is 62.6 Å². The smallest absolute Gasteiger partial charge is 0.238 e. The van der Waals surface area contributed by atoms with Crippen LogP contribution in [0, 0.1) is 0 Å². The number of nitrogens with two attached hydrogens (primary N) is 1. The van der Waals surface area contributed by atoms with Crippen LogP contribution in [0.3, 0.4) is 0 Å². The highest BCUT2D eigenvalue weighted by Crippen LogP contribution is 2.26. The lowest BCUT2D eigenvalue weighted by atomic mass is 9.94. The highest BCUT2D eigenvalue weighted by Gasteiger charge is 2.22. The number of nitrogens with one attached hydrogen (secondary N) is 1. The number of rotatable bonds is 19. The van der Waals surface area contributed by atoms with Crippen molar-refractivity contribution in [2.24, 2.45) is 5.14 Å². The van der Waals surface area contributed by atoms with Gasteiger partial charge in [-0.05, 0) is 79.6 Å². The van der Waals surface area contributed by atoms with E-state index in [0.29, 0.717) is 30.8 Å². The maximum Gasteiger partial charge on any atom is 0.238 e. The summed E-state index contributed by atoms with van der Waals surface area (Å²) in [5.74, 6) is 0.0227. The Labute approximate surface area is 244 Å². The minimum absolute atomic E-state index is 0.0227. The number of benzene rings is 3. The Morgan fingerprint density at radius 1 is 0.829 bits per heavy atom. The molecule has 0 saturated heterocycles. The van der Waals surface area contributed by atoms with Crippen LogP contribution < -0.4 is 10.5 Å². The van der Waals surface area contributed by atoms with Crippen molar-refractivity contribution < 1.29 is 28.5 Å². The van der Waals surface area contributed by atoms with Crippen molar-refractivity contribution in [3.63, 3.8) is 0 Å². The fourth-order valence-corrected chi connectivity index (χ4v) is 5.40. The third-order valence-electron chi connectivity index (χ3n) is 7.15. The number of hydrogen-bond acceptors (Lipinski definition) is 7. The van der Waals surface area contributed by atoms with E-state index in [2.05, 4.69) is 5.32 Å². The molecule has 3 rings (SSSR count). The number of aliphatic hydroxyl groups is 2. The van der Waals surface area contributed by atoms with Gasteiger partial charge in [0.2, 0.25) is 10.0 Å². The second-order valence-corrected chi connectivity index (χ2v) is 12.0. The van der Waals surface area contributed by atoms with Crippen LogP contribution in [0.4, 0.5) is 0 Å². The number of aliphatic hydroxyl groups excluding tert-OH is 2. The van der Waals surface area contributed by atoms with Gasteiger partial charge in [0, 0.05) is 24.8 Å². The van der Waals surface area contributed by atoms with Gasteiger partial charge in [-0.25, -0.2) is 13.6 Å². The molecule has 8 nitrogen and oxygen atoms in total. The molecule has 0 aliphatic heterocycles. The van der Waals surface area contributed by atoms with Gasteiger partial charge in [-0.1, -0.05) is 67.8 Å². The number of aryl methyl sites for hydroxylation is 1. The molecule has 0 fully saturated rings. The number of hydrogen-bond donors (Lipinski definition) is 5. The highest BCUT2D eigenvalue weighted by atomic mass is 32.2. The van der Waals surface area contributed by atoms with E-state index in [4.69, 9.17) is 9.88 Å². The quantitative estimate of drug-likeness (QED) is 0.132. The summed E-state index contributed by atoms with van der Waals surface area (Å²) < 4.78 is 28.7. The molecule has 0 aliphatic rings. The Kier molecular flexibility index (Phi) is 13.8. The Bertz CT molecular complexity index is 1290. The van der Waals surface area contributed by atoms with Crippen LogP contribution >= 0.6 is 0 Å². The van der Waals surface area contributed by atoms with E-state index in [1.165, 1.54) is 12.1 Å². The van der Waals surface area contributed by atoms with E-state index < -0.39 is 16.1 Å². The summed E-state index contributed by atoms with van der Waals surface area (Å²) in [6.07, 6.45) is 6.70. The molecule has 0 heterocycles. The predicted molar refractivity (Wildman–Crippen MR) is 161 cm³/mol. The SMILES string of the molecule is NS(=O)(=O)c1cccc(CCCOCCCCCCCNC(Cc2ccccc2)[C@H](O)c2ccc(O)c(CO)c2)c1. The Morgan fingerprint density at radius 2 is 1.54 bits per heavy atom. The van der Waals surface area contributed by atoms with Crippen molar-refractivity contribution >= 4 is 10.0 Å². The van der Waals surface area contributed by atoms with Gasteiger partial charge in [-0.2, -0.15) is 0 Å². The highest BCUT2D eigenvalue weighted by molar-refractivity contribution is 7.89. The van der Waals surface area contributed by atoms with Gasteiger partial charge in [0.15, 0.2) is 0 Å². The van der Waals surface area contributed by atoms with E-state index in [9.17, 15) is 23.7 Å². The molecule has 0 amide bonds. The van der Waals surface area contributed by atoms with Crippen molar-refractivity contribution in [1.82, 2.24) is 5.32 Å². The van der Waals surface area contributed by atoms with Gasteiger partial charge in [-0.3, -0.25) is 0 Å². The van der Waals surface area contributed by atoms with E-state index in [-0.39, 0.29) is 23.3 Å². The molecule has 0 bridgehead atoms. The molecule has 224 valence electrons. The van der Waals surface area contributed by atoms with E-state index >= 15 is 0 Å². The molecule has 9 heteroatoms. The number of aromatic hydroxyl groups is 1. The molecule has 2 atom stereocenters. The van der Waals surface area contributed by atoms with Gasteiger partial charge in [0.1, 0.15) is 5.75 Å². The average Bonchev–Trinajstić information content (AvgIpc) is 2.97. The molecule has 3 aromatic carbocycles. The van der Waals surface area contributed by atoms with Gasteiger partial charge < -0.3 is 25.4 Å². The van der Waals surface area contributed by atoms with Gasteiger partial charge >= 0.3 is 0 Å². The van der Waals surface area contributed by atoms with E-state index in [1.54, 1.807) is 24.3 Å². The number of ether oxygens (including phenoxy) is 1. The second kappa shape index (κ2) is 17.2. The zero-order valence-corrected chi connectivity index (χ0v) is 24.4. The first-order chi connectivity index (χ1) is 19.8. The number of sulfonamides is 1. The zero-order chi connectivity index (χ0) is 29.5. The van der Waals surface area contributed by atoms with Crippen molar-refractivity contribution in [1.29, 1.82) is 0 Å². The molecule has 3 aromatic rings. The first kappa shape index (κ1) is 32.7. The number of phenols is 1. The van der Waals surface area contributed by atoms with E-state index in [1.807, 2.05) is 36.4 Å². The summed E-state index contributed by atoms with van der Waals surface area (Å²) in [5.41, 5.74) is 3.13. The van der Waals surface area contributed by atoms with Crippen LogP contribution in [0.2, 0.25) is 0 Å². The van der Waals surface area contributed by atoms with Crippen molar-refractivity contribution in [2.75, 3.05) is 19.8 Å². The minimum Gasteiger partial charge on any atom is -0.508 e. The summed E-state index contributed by atoms with van der Waals surface area (Å²) in [6, 6.07) is 21.4. The lowest BCUT2D eigenvalue weighted by molar-refractivity contribution is 0.126. The molecular weight excluding hydrogens is 540 g/mol. The van der Waals surface area contributed by atoms with Crippen LogP contribution in [-0.4, -0.2) is 49.5 Å². The fraction of sp³-hybridized carbons (Fsp3) is 0.438. The number of primary sulfonamides is 1. The maximum atomic E-state index is 11.5. The van der Waals surface area contributed by atoms with Crippen molar-refractivity contribution in [2.45, 2.75) is 75.0 Å². The summed E-state index contributed by atoms with van der Waals surface area (Å²) in [6.45, 7) is 1.84. The van der Waals surface area contributed by atoms with Gasteiger partial charge in [0.05, 0.1) is 17.6 Å². The van der Waals surface area contributed by atoms with Crippen LogP contribution in [-0.2, 0) is 34.2 Å². The molecular formula is C32H44N2O6S. The molecule has 1 unspecified atom stereocenters. The van der Waals surface area contributed by atoms with Crippen LogP contribution in [0.25, 0.3) is 0 Å². The van der Waals surface area contributed by atoms with Crippen LogP contribution in [0.1, 0.15) is 66.9 Å². The summed E-state index contributed by atoms with van der Waals surface area (Å²) in [4.78, 5) is 0.142. The molecule has 6 N–H and O–H groups in total. The average molecular weight is 585 g/mol. The Balaban J connectivity index is 1.31. The molecule has 41 heavy (non-hydrogen) atoms. The largest absolute Gasteiger partial charge is 0.508 e. The normalized spacial score (nSPS) is 13.2. The first-order valence-electron chi connectivity index (χ1n) is 14.4. The summed E-state index contributed by atoms with van der Waals surface area (Å²) >= 11 is 0. The predicted octanol–water partition coefficient (Wildman–Crippen LogP) is 4.37. The first-order valence-corrected chi connectivity index (χ1v) is 15.9. The summed E-state index contributed by atoms with van der Waals surface area (Å²) in [5, 5.41) is 39.3. The number of unbranched alkanes of at least 4 members (excludes halogenated alkanes) is 4. The molecule has 0 saturated carbocycles. The third kappa shape index (κ3) is 11.5. The Hall–Kier alpha value is -2.79. The molecule has 0 spiro atoms. The van der Waals surface area contributed by atoms with Crippen LogP contribution in [0.5, 0.6) is 5.75 Å². The van der Waals surface area contributed by atoms with Crippen molar-refractivity contribution in [3.8, 4) is 5.75 Å². The van der Waals surface area contributed by atoms with Gasteiger partial charge in [-0.15, -0.1) is 0 Å². The lowest BCUT2D eigenvalue weighted by Crippen LogP contribution is -2.37. The second-order valence-electron chi connectivity index (χ2n) is 10.4. The maximum absolute atomic E-state index is 11.5. The minimum atomic E-state index is -3.68. The molecule has 0 aromatic heterocycles. The zero-order valence-electron chi connectivity index (χ0n) is 23.6. The van der Waals surface area contributed by atoms with Crippen LogP contribution in [0.15, 0.2) is 77.7 Å².